The molecule has 3 rings (SSSR count). The summed E-state index contributed by atoms with van der Waals surface area (Å²) in [4.78, 5) is 37.4. The number of carbonyl (C=O) groups is 3. The van der Waals surface area contributed by atoms with Gasteiger partial charge < -0.3 is 24.8 Å². The van der Waals surface area contributed by atoms with Gasteiger partial charge in [0.25, 0.3) is 5.91 Å². The third kappa shape index (κ3) is 4.15. The molecule has 1 saturated heterocycles. The van der Waals surface area contributed by atoms with Gasteiger partial charge >= 0.3 is 5.97 Å². The zero-order valence-electron chi connectivity index (χ0n) is 15.4. The van der Waals surface area contributed by atoms with Gasteiger partial charge in [-0.25, -0.2) is 0 Å². The molecule has 0 aromatic heterocycles. The third-order valence-corrected chi connectivity index (χ3v) is 5.20. The van der Waals surface area contributed by atoms with Crippen molar-refractivity contribution in [3.63, 3.8) is 0 Å². The number of ether oxygens (including phenoxy) is 2. The number of nitrogens with zero attached hydrogens (tertiary/aromatic N) is 1. The monoisotopic (exact) mass is 376 g/mol. The Morgan fingerprint density at radius 3 is 2.30 bits per heavy atom. The molecule has 8 heteroatoms. The van der Waals surface area contributed by atoms with Crippen LogP contribution in [0.2, 0.25) is 0 Å². The van der Waals surface area contributed by atoms with Gasteiger partial charge in [-0.3, -0.25) is 14.4 Å². The van der Waals surface area contributed by atoms with Gasteiger partial charge in [0, 0.05) is 24.7 Å². The van der Waals surface area contributed by atoms with Crippen molar-refractivity contribution >= 4 is 17.8 Å². The maximum atomic E-state index is 12.7. The van der Waals surface area contributed by atoms with Gasteiger partial charge in [0.1, 0.15) is 0 Å². The first-order chi connectivity index (χ1) is 12.9. The number of rotatable bonds is 6. The fourth-order valence-electron chi connectivity index (χ4n) is 3.44. The van der Waals surface area contributed by atoms with Gasteiger partial charge in [0.05, 0.1) is 26.1 Å². The first kappa shape index (κ1) is 19.0. The van der Waals surface area contributed by atoms with Crippen LogP contribution in [0.1, 0.15) is 29.6 Å². The van der Waals surface area contributed by atoms with Crippen LogP contribution in [0.3, 0.4) is 0 Å². The molecule has 2 amide bonds. The molecule has 0 spiro atoms. The second-order valence-corrected chi connectivity index (χ2v) is 6.93. The zero-order valence-corrected chi connectivity index (χ0v) is 15.4. The van der Waals surface area contributed by atoms with Crippen LogP contribution in [-0.2, 0) is 9.59 Å². The average molecular weight is 376 g/mol. The van der Waals surface area contributed by atoms with Gasteiger partial charge in [0.2, 0.25) is 5.91 Å². The molecule has 1 aromatic rings. The summed E-state index contributed by atoms with van der Waals surface area (Å²) in [6.07, 6.45) is 1.71. The third-order valence-electron chi connectivity index (χ3n) is 5.20. The second-order valence-electron chi connectivity index (χ2n) is 6.93. The van der Waals surface area contributed by atoms with E-state index < -0.39 is 17.8 Å². The number of carboxylic acids is 1. The molecule has 1 aliphatic heterocycles. The van der Waals surface area contributed by atoms with E-state index in [-0.39, 0.29) is 17.9 Å². The molecule has 1 saturated carbocycles. The van der Waals surface area contributed by atoms with Crippen LogP contribution < -0.4 is 14.8 Å². The van der Waals surface area contributed by atoms with E-state index in [1.807, 2.05) is 0 Å². The van der Waals surface area contributed by atoms with Gasteiger partial charge in [-0.05, 0) is 37.5 Å². The van der Waals surface area contributed by atoms with Crippen molar-refractivity contribution < 1.29 is 29.0 Å². The summed E-state index contributed by atoms with van der Waals surface area (Å²) in [6, 6.07) is 5.04. The zero-order chi connectivity index (χ0) is 19.6. The van der Waals surface area contributed by atoms with Crippen LogP contribution in [0.5, 0.6) is 11.5 Å². The molecule has 1 aliphatic carbocycles. The summed E-state index contributed by atoms with van der Waals surface area (Å²) < 4.78 is 10.4. The van der Waals surface area contributed by atoms with Crippen LogP contribution >= 0.6 is 0 Å². The topological polar surface area (TPSA) is 105 Å². The van der Waals surface area contributed by atoms with Gasteiger partial charge in [-0.2, -0.15) is 0 Å². The molecule has 2 aliphatic rings. The first-order valence-corrected chi connectivity index (χ1v) is 8.99. The predicted octanol–water partition coefficient (Wildman–Crippen LogP) is 1.15. The molecule has 146 valence electrons. The Kier molecular flexibility index (Phi) is 5.53. The Balaban J connectivity index is 1.52. The number of amides is 2. The summed E-state index contributed by atoms with van der Waals surface area (Å²) in [7, 11) is 3.06. The normalized spacial score (nSPS) is 22.1. The van der Waals surface area contributed by atoms with Crippen molar-refractivity contribution in [2.45, 2.75) is 25.3 Å². The van der Waals surface area contributed by atoms with Crippen molar-refractivity contribution in [3.05, 3.63) is 23.8 Å². The number of aliphatic carboxylic acids is 1. The van der Waals surface area contributed by atoms with Crippen molar-refractivity contribution in [1.82, 2.24) is 10.2 Å². The van der Waals surface area contributed by atoms with E-state index in [1.165, 1.54) is 7.11 Å². The lowest BCUT2D eigenvalue weighted by Crippen LogP contribution is -2.47. The van der Waals surface area contributed by atoms with E-state index in [9.17, 15) is 14.4 Å². The van der Waals surface area contributed by atoms with E-state index >= 15 is 0 Å². The summed E-state index contributed by atoms with van der Waals surface area (Å²) in [5, 5.41) is 11.8. The number of methoxy groups -OCH3 is 2. The van der Waals surface area contributed by atoms with Crippen LogP contribution in [0.4, 0.5) is 0 Å². The highest BCUT2D eigenvalue weighted by Crippen LogP contribution is 2.39. The highest BCUT2D eigenvalue weighted by molar-refractivity contribution is 5.95. The summed E-state index contributed by atoms with van der Waals surface area (Å²) in [5.74, 6) is -1.07. The second kappa shape index (κ2) is 7.85. The lowest BCUT2D eigenvalue weighted by molar-refractivity contribution is -0.140. The molecule has 0 bridgehead atoms. The van der Waals surface area contributed by atoms with Gasteiger partial charge in [-0.15, -0.1) is 0 Å². The van der Waals surface area contributed by atoms with E-state index in [0.717, 1.165) is 0 Å². The number of benzene rings is 1. The standard InChI is InChI=1S/C19H24N2O6/c1-26-15-4-3-11(9-16(15)27-2)18(23)21-7-5-12(6-8-21)20-17(22)13-10-14(13)19(24)25/h3-4,9,12-14H,5-8,10H2,1-2H3,(H,20,22)(H,24,25). The molecule has 8 nitrogen and oxygen atoms in total. The minimum atomic E-state index is -0.912. The Labute approximate surface area is 157 Å². The Morgan fingerprint density at radius 2 is 1.74 bits per heavy atom. The Bertz CT molecular complexity index is 742. The minimum Gasteiger partial charge on any atom is -0.493 e. The maximum absolute atomic E-state index is 12.7. The predicted molar refractivity (Wildman–Crippen MR) is 95.8 cm³/mol. The fraction of sp³-hybridized carbons (Fsp3) is 0.526. The van der Waals surface area contributed by atoms with Crippen molar-refractivity contribution in [2.75, 3.05) is 27.3 Å². The SMILES string of the molecule is COc1ccc(C(=O)N2CCC(NC(=O)C3CC3C(=O)O)CC2)cc1OC. The minimum absolute atomic E-state index is 0.0259. The summed E-state index contributed by atoms with van der Waals surface area (Å²) >= 11 is 0. The lowest BCUT2D eigenvalue weighted by Gasteiger charge is -2.32. The molecule has 27 heavy (non-hydrogen) atoms. The van der Waals surface area contributed by atoms with E-state index in [2.05, 4.69) is 5.32 Å². The maximum Gasteiger partial charge on any atom is 0.307 e. The van der Waals surface area contributed by atoms with Crippen LogP contribution in [0.25, 0.3) is 0 Å². The molecule has 1 aromatic carbocycles. The molecular formula is C19H24N2O6. The van der Waals surface area contributed by atoms with Crippen molar-refractivity contribution in [3.8, 4) is 11.5 Å². The van der Waals surface area contributed by atoms with Crippen LogP contribution in [0, 0.1) is 11.8 Å². The number of piperidine rings is 1. The summed E-state index contributed by atoms with van der Waals surface area (Å²) in [6.45, 7) is 1.07. The van der Waals surface area contributed by atoms with Gasteiger partial charge in [-0.1, -0.05) is 0 Å². The lowest BCUT2D eigenvalue weighted by atomic mass is 10.0. The first-order valence-electron chi connectivity index (χ1n) is 8.99. The van der Waals surface area contributed by atoms with Crippen molar-refractivity contribution in [2.24, 2.45) is 11.8 Å². The molecule has 2 atom stereocenters. The number of nitrogens with one attached hydrogen (secondary N) is 1. The summed E-state index contributed by atoms with van der Waals surface area (Å²) in [5.41, 5.74) is 0.525. The molecule has 2 fully saturated rings. The van der Waals surface area contributed by atoms with E-state index in [4.69, 9.17) is 14.6 Å². The number of hydrogen-bond donors (Lipinski definition) is 2. The molecule has 2 N–H and O–H groups in total. The van der Waals surface area contributed by atoms with Crippen LogP contribution in [-0.4, -0.2) is 61.1 Å². The van der Waals surface area contributed by atoms with E-state index in [0.29, 0.717) is 49.4 Å². The van der Waals surface area contributed by atoms with E-state index in [1.54, 1.807) is 30.2 Å². The highest BCUT2D eigenvalue weighted by atomic mass is 16.5. The quantitative estimate of drug-likeness (QED) is 0.772. The molecule has 2 unspecified atom stereocenters. The number of hydrogen-bond acceptors (Lipinski definition) is 5. The molecule has 0 radical (unpaired) electrons. The Morgan fingerprint density at radius 1 is 1.07 bits per heavy atom. The van der Waals surface area contributed by atoms with Gasteiger partial charge in [0.15, 0.2) is 11.5 Å². The van der Waals surface area contributed by atoms with Crippen molar-refractivity contribution in [1.29, 1.82) is 0 Å². The number of carbonyl (C=O) groups excluding carboxylic acids is 2. The number of carboxylic acid groups (broad SMARTS) is 1. The average Bonchev–Trinajstić information content (AvgIpc) is 3.49. The highest BCUT2D eigenvalue weighted by Gasteiger charge is 2.48. The molecule has 1 heterocycles. The largest absolute Gasteiger partial charge is 0.493 e. The number of likely N-dealkylation sites (tertiary alicyclic amines) is 1. The molecular weight excluding hydrogens is 352 g/mol. The fourth-order valence-corrected chi connectivity index (χ4v) is 3.44. The Hall–Kier alpha value is -2.77. The van der Waals surface area contributed by atoms with Crippen LogP contribution in [0.15, 0.2) is 18.2 Å². The smallest absolute Gasteiger partial charge is 0.307 e.